The average Bonchev–Trinajstić information content (AvgIpc) is 2.55. The van der Waals surface area contributed by atoms with Crippen molar-refractivity contribution in [2.75, 3.05) is 0 Å². The lowest BCUT2D eigenvalue weighted by atomic mass is 9.98. The third-order valence-corrected chi connectivity index (χ3v) is 4.03. The van der Waals surface area contributed by atoms with Crippen LogP contribution in [0.2, 0.25) is 0 Å². The Morgan fingerprint density at radius 3 is 2.55 bits per heavy atom. The Labute approximate surface area is 130 Å². The Morgan fingerprint density at radius 2 is 1.77 bits per heavy atom. The number of nitrogens with zero attached hydrogens (tertiary/aromatic N) is 1. The van der Waals surface area contributed by atoms with Gasteiger partial charge in [-0.3, -0.25) is 4.98 Å². The molecule has 0 unspecified atom stereocenters. The summed E-state index contributed by atoms with van der Waals surface area (Å²) in [6, 6.07) is 15.2. The van der Waals surface area contributed by atoms with Crippen molar-refractivity contribution in [2.24, 2.45) is 0 Å². The summed E-state index contributed by atoms with van der Waals surface area (Å²) in [5, 5.41) is 1.14. The summed E-state index contributed by atoms with van der Waals surface area (Å²) in [5.74, 6) is -0.206. The van der Waals surface area contributed by atoms with E-state index in [1.54, 1.807) is 0 Å². The van der Waals surface area contributed by atoms with Crippen molar-refractivity contribution < 1.29 is 4.39 Å². The summed E-state index contributed by atoms with van der Waals surface area (Å²) in [4.78, 5) is 4.45. The van der Waals surface area contributed by atoms with Crippen LogP contribution in [-0.2, 0) is 6.42 Å². The molecule has 0 aliphatic heterocycles. The molecule has 0 atom stereocenters. The minimum absolute atomic E-state index is 0.206. The lowest BCUT2D eigenvalue weighted by Gasteiger charge is -2.09. The number of aryl methyl sites for hydroxylation is 1. The summed E-state index contributed by atoms with van der Waals surface area (Å²) < 4.78 is 13.1. The molecule has 0 amide bonds. The van der Waals surface area contributed by atoms with Gasteiger partial charge in [0.25, 0.3) is 0 Å². The summed E-state index contributed by atoms with van der Waals surface area (Å²) in [5.41, 5.74) is 4.47. The van der Waals surface area contributed by atoms with Gasteiger partial charge < -0.3 is 0 Å². The van der Waals surface area contributed by atoms with Crippen LogP contribution in [0.15, 0.2) is 54.7 Å². The zero-order chi connectivity index (χ0) is 15.4. The third-order valence-electron chi connectivity index (χ3n) is 4.03. The van der Waals surface area contributed by atoms with Gasteiger partial charge in [0, 0.05) is 11.6 Å². The maximum absolute atomic E-state index is 13.1. The van der Waals surface area contributed by atoms with E-state index in [4.69, 9.17) is 0 Å². The van der Waals surface area contributed by atoms with Crippen molar-refractivity contribution in [1.82, 2.24) is 4.98 Å². The van der Waals surface area contributed by atoms with Gasteiger partial charge in [-0.05, 0) is 59.9 Å². The topological polar surface area (TPSA) is 12.9 Å². The largest absolute Gasteiger partial charge is 0.256 e. The van der Waals surface area contributed by atoms with E-state index < -0.39 is 0 Å². The van der Waals surface area contributed by atoms with Gasteiger partial charge in [0.05, 0.1) is 5.52 Å². The van der Waals surface area contributed by atoms with Crippen LogP contribution in [0, 0.1) is 5.82 Å². The Hall–Kier alpha value is -2.22. The van der Waals surface area contributed by atoms with Crippen LogP contribution in [-0.4, -0.2) is 4.98 Å². The molecule has 3 aromatic rings. The van der Waals surface area contributed by atoms with E-state index in [9.17, 15) is 4.39 Å². The Kier molecular flexibility index (Phi) is 4.47. The fourth-order valence-electron chi connectivity index (χ4n) is 2.81. The molecule has 0 fully saturated rings. The van der Waals surface area contributed by atoms with Gasteiger partial charge in [-0.25, -0.2) is 4.39 Å². The molecule has 2 aromatic carbocycles. The smallest absolute Gasteiger partial charge is 0.123 e. The molecule has 3 rings (SSSR count). The fourth-order valence-corrected chi connectivity index (χ4v) is 2.81. The number of aromatic nitrogens is 1. The number of fused-ring (bicyclic) bond motifs is 1. The van der Waals surface area contributed by atoms with Gasteiger partial charge in [-0.1, -0.05) is 38.0 Å². The maximum Gasteiger partial charge on any atom is 0.123 e. The summed E-state index contributed by atoms with van der Waals surface area (Å²) >= 11 is 0. The van der Waals surface area contributed by atoms with Crippen molar-refractivity contribution in [3.05, 3.63) is 66.1 Å². The molecule has 22 heavy (non-hydrogen) atoms. The highest BCUT2D eigenvalue weighted by atomic mass is 19.1. The molecule has 1 aromatic heterocycles. The first-order chi connectivity index (χ1) is 10.8. The Bertz CT molecular complexity index is 762. The zero-order valence-corrected chi connectivity index (χ0v) is 12.8. The van der Waals surface area contributed by atoms with E-state index in [1.165, 1.54) is 37.0 Å². The molecular formula is C20H20FN. The number of benzene rings is 2. The third kappa shape index (κ3) is 3.16. The molecule has 0 aliphatic carbocycles. The second-order valence-electron chi connectivity index (χ2n) is 5.67. The second-order valence-corrected chi connectivity index (χ2v) is 5.67. The van der Waals surface area contributed by atoms with Crippen LogP contribution < -0.4 is 0 Å². The van der Waals surface area contributed by atoms with Gasteiger partial charge in [-0.2, -0.15) is 0 Å². The van der Waals surface area contributed by atoms with Gasteiger partial charge in [0.15, 0.2) is 0 Å². The van der Waals surface area contributed by atoms with Crippen molar-refractivity contribution >= 4 is 10.9 Å². The highest BCUT2D eigenvalue weighted by molar-refractivity contribution is 5.94. The quantitative estimate of drug-likeness (QED) is 0.544. The first-order valence-corrected chi connectivity index (χ1v) is 7.91. The molecule has 112 valence electrons. The van der Waals surface area contributed by atoms with Gasteiger partial charge in [-0.15, -0.1) is 0 Å². The summed E-state index contributed by atoms with van der Waals surface area (Å²) in [6.07, 6.45) is 6.62. The fraction of sp³-hybridized carbons (Fsp3) is 0.250. The molecule has 1 heterocycles. The first-order valence-electron chi connectivity index (χ1n) is 7.91. The molecule has 0 radical (unpaired) electrons. The van der Waals surface area contributed by atoms with Crippen LogP contribution in [0.4, 0.5) is 4.39 Å². The molecule has 0 N–H and O–H groups in total. The highest BCUT2D eigenvalue weighted by Gasteiger charge is 2.06. The molecule has 0 spiro atoms. The number of rotatable bonds is 5. The number of hydrogen-bond donors (Lipinski definition) is 0. The van der Waals surface area contributed by atoms with Crippen molar-refractivity contribution in [3.8, 4) is 11.1 Å². The number of pyridine rings is 1. The van der Waals surface area contributed by atoms with E-state index in [-0.39, 0.29) is 5.82 Å². The van der Waals surface area contributed by atoms with Crippen LogP contribution in [0.25, 0.3) is 22.0 Å². The number of hydrogen-bond acceptors (Lipinski definition) is 1. The molecule has 2 heteroatoms. The van der Waals surface area contributed by atoms with E-state index in [1.807, 2.05) is 24.4 Å². The minimum atomic E-state index is -0.206. The van der Waals surface area contributed by atoms with E-state index in [0.29, 0.717) is 0 Å². The normalized spacial score (nSPS) is 11.0. The van der Waals surface area contributed by atoms with Crippen molar-refractivity contribution in [1.29, 1.82) is 0 Å². The molecule has 0 saturated heterocycles. The first kappa shape index (κ1) is 14.7. The molecule has 0 bridgehead atoms. The lowest BCUT2D eigenvalue weighted by molar-refractivity contribution is 0.628. The predicted molar refractivity (Wildman–Crippen MR) is 90.4 cm³/mol. The van der Waals surface area contributed by atoms with Crippen LogP contribution >= 0.6 is 0 Å². The van der Waals surface area contributed by atoms with Crippen LogP contribution in [0.1, 0.15) is 31.7 Å². The molecule has 0 saturated carbocycles. The average molecular weight is 293 g/mol. The monoisotopic (exact) mass is 293 g/mol. The minimum Gasteiger partial charge on any atom is -0.256 e. The zero-order valence-electron chi connectivity index (χ0n) is 12.8. The van der Waals surface area contributed by atoms with Gasteiger partial charge in [0.1, 0.15) is 5.82 Å². The van der Waals surface area contributed by atoms with E-state index >= 15 is 0 Å². The summed E-state index contributed by atoms with van der Waals surface area (Å²) in [7, 11) is 0. The molecule has 0 aliphatic rings. The maximum atomic E-state index is 13.1. The van der Waals surface area contributed by atoms with Crippen molar-refractivity contribution in [2.45, 2.75) is 32.6 Å². The molecule has 1 nitrogen and oxygen atoms in total. The molecular weight excluding hydrogens is 273 g/mol. The van der Waals surface area contributed by atoms with Crippen molar-refractivity contribution in [3.63, 3.8) is 0 Å². The van der Waals surface area contributed by atoms with E-state index in [0.717, 1.165) is 28.5 Å². The summed E-state index contributed by atoms with van der Waals surface area (Å²) in [6.45, 7) is 2.22. The number of unbranched alkanes of at least 4 members (excludes halogenated alkanes) is 2. The number of halogens is 1. The van der Waals surface area contributed by atoms with Gasteiger partial charge >= 0.3 is 0 Å². The standard InChI is InChI=1S/C20H20FN/c1-2-3-4-5-15-6-11-20-19(14-15)18(12-13-22-20)16-7-9-17(21)10-8-16/h6-14H,2-5H2,1H3. The van der Waals surface area contributed by atoms with E-state index in [2.05, 4.69) is 30.1 Å². The SMILES string of the molecule is CCCCCc1ccc2nccc(-c3ccc(F)cc3)c2c1. The Morgan fingerprint density at radius 1 is 0.955 bits per heavy atom. The van der Waals surface area contributed by atoms with Crippen LogP contribution in [0.3, 0.4) is 0 Å². The highest BCUT2D eigenvalue weighted by Crippen LogP contribution is 2.28. The van der Waals surface area contributed by atoms with Gasteiger partial charge in [0.2, 0.25) is 0 Å². The lowest BCUT2D eigenvalue weighted by Crippen LogP contribution is -1.89. The second kappa shape index (κ2) is 6.69. The Balaban J connectivity index is 2.02. The predicted octanol–water partition coefficient (Wildman–Crippen LogP) is 5.77. The van der Waals surface area contributed by atoms with Crippen LogP contribution in [0.5, 0.6) is 0 Å².